The maximum absolute atomic E-state index is 13.6. The molecule has 0 aliphatic heterocycles. The standard InChI is InChI=1S/C16H15F4N/c1-11(12-5-3-2-4-6-12)10-21-15-9-13(16(18,19)20)7-8-14(15)17/h2-9,11,21H,10H2,1H3. The van der Waals surface area contributed by atoms with E-state index < -0.39 is 17.6 Å². The third-order valence-electron chi connectivity index (χ3n) is 3.26. The molecule has 5 heteroatoms. The van der Waals surface area contributed by atoms with Crippen LogP contribution in [0, 0.1) is 5.82 Å². The van der Waals surface area contributed by atoms with Crippen molar-refractivity contribution < 1.29 is 17.6 Å². The van der Waals surface area contributed by atoms with Crippen molar-refractivity contribution >= 4 is 5.69 Å². The Morgan fingerprint density at radius 1 is 1.05 bits per heavy atom. The summed E-state index contributed by atoms with van der Waals surface area (Å²) in [5.41, 5.74) is 0.0451. The van der Waals surface area contributed by atoms with Gasteiger partial charge in [0.05, 0.1) is 11.3 Å². The molecule has 0 aliphatic rings. The third kappa shape index (κ3) is 3.97. The first-order chi connectivity index (χ1) is 9.88. The Hall–Kier alpha value is -2.04. The number of halogens is 4. The molecule has 1 unspecified atom stereocenters. The Labute approximate surface area is 120 Å². The first-order valence-electron chi connectivity index (χ1n) is 6.53. The van der Waals surface area contributed by atoms with Crippen LogP contribution in [0.1, 0.15) is 24.0 Å². The van der Waals surface area contributed by atoms with Gasteiger partial charge in [0, 0.05) is 6.54 Å². The van der Waals surface area contributed by atoms with E-state index in [0.29, 0.717) is 6.54 Å². The monoisotopic (exact) mass is 297 g/mol. The summed E-state index contributed by atoms with van der Waals surface area (Å²) < 4.78 is 51.4. The SMILES string of the molecule is CC(CNc1cc(C(F)(F)F)ccc1F)c1ccccc1. The molecule has 0 aliphatic carbocycles. The number of anilines is 1. The summed E-state index contributed by atoms with van der Waals surface area (Å²) in [5.74, 6) is -0.636. The lowest BCUT2D eigenvalue weighted by Gasteiger charge is -2.16. The smallest absolute Gasteiger partial charge is 0.382 e. The molecule has 1 atom stereocenters. The number of benzene rings is 2. The lowest BCUT2D eigenvalue weighted by molar-refractivity contribution is -0.137. The second kappa shape index (κ2) is 6.16. The third-order valence-corrected chi connectivity index (χ3v) is 3.26. The van der Waals surface area contributed by atoms with Crippen molar-refractivity contribution in [2.75, 3.05) is 11.9 Å². The zero-order valence-electron chi connectivity index (χ0n) is 11.4. The zero-order valence-corrected chi connectivity index (χ0v) is 11.4. The minimum atomic E-state index is -4.48. The van der Waals surface area contributed by atoms with Gasteiger partial charge in [-0.15, -0.1) is 0 Å². The fourth-order valence-corrected chi connectivity index (χ4v) is 2.00. The summed E-state index contributed by atoms with van der Waals surface area (Å²) in [4.78, 5) is 0. The van der Waals surface area contributed by atoms with Gasteiger partial charge in [0.2, 0.25) is 0 Å². The van der Waals surface area contributed by atoms with Crippen molar-refractivity contribution in [3.63, 3.8) is 0 Å². The number of hydrogen-bond acceptors (Lipinski definition) is 1. The van der Waals surface area contributed by atoms with Crippen molar-refractivity contribution in [3.05, 3.63) is 65.5 Å². The highest BCUT2D eigenvalue weighted by molar-refractivity contribution is 5.48. The zero-order chi connectivity index (χ0) is 15.5. The Kier molecular flexibility index (Phi) is 4.50. The largest absolute Gasteiger partial charge is 0.416 e. The van der Waals surface area contributed by atoms with Gasteiger partial charge in [0.1, 0.15) is 5.82 Å². The van der Waals surface area contributed by atoms with Gasteiger partial charge in [0.15, 0.2) is 0 Å². The van der Waals surface area contributed by atoms with Crippen LogP contribution >= 0.6 is 0 Å². The van der Waals surface area contributed by atoms with E-state index in [0.717, 1.165) is 23.8 Å². The average molecular weight is 297 g/mol. The molecule has 112 valence electrons. The average Bonchev–Trinajstić information content (AvgIpc) is 2.45. The topological polar surface area (TPSA) is 12.0 Å². The van der Waals surface area contributed by atoms with Gasteiger partial charge in [-0.25, -0.2) is 4.39 Å². The Bertz CT molecular complexity index is 593. The molecule has 0 spiro atoms. The lowest BCUT2D eigenvalue weighted by Crippen LogP contribution is -2.12. The van der Waals surface area contributed by atoms with Gasteiger partial charge in [-0.05, 0) is 29.7 Å². The van der Waals surface area contributed by atoms with Crippen molar-refractivity contribution in [2.24, 2.45) is 0 Å². The predicted molar refractivity (Wildman–Crippen MR) is 74.7 cm³/mol. The van der Waals surface area contributed by atoms with Gasteiger partial charge in [0.25, 0.3) is 0 Å². The maximum atomic E-state index is 13.6. The van der Waals surface area contributed by atoms with E-state index in [4.69, 9.17) is 0 Å². The van der Waals surface area contributed by atoms with Crippen LogP contribution in [-0.2, 0) is 6.18 Å². The summed E-state index contributed by atoms with van der Waals surface area (Å²) in [6.07, 6.45) is -4.48. The summed E-state index contributed by atoms with van der Waals surface area (Å²) in [7, 11) is 0. The van der Waals surface area contributed by atoms with Crippen molar-refractivity contribution in [3.8, 4) is 0 Å². The normalized spacial score (nSPS) is 13.0. The van der Waals surface area contributed by atoms with Gasteiger partial charge in [-0.3, -0.25) is 0 Å². The molecule has 0 fully saturated rings. The molecule has 0 amide bonds. The van der Waals surface area contributed by atoms with Crippen LogP contribution in [0.15, 0.2) is 48.5 Å². The lowest BCUT2D eigenvalue weighted by atomic mass is 10.0. The van der Waals surface area contributed by atoms with Crippen LogP contribution in [0.4, 0.5) is 23.2 Å². The number of alkyl halides is 3. The van der Waals surface area contributed by atoms with Gasteiger partial charge in [-0.2, -0.15) is 13.2 Å². The Morgan fingerprint density at radius 2 is 1.71 bits per heavy atom. The molecule has 0 saturated carbocycles. The molecule has 0 heterocycles. The van der Waals surface area contributed by atoms with Crippen LogP contribution in [0.2, 0.25) is 0 Å². The summed E-state index contributed by atoms with van der Waals surface area (Å²) >= 11 is 0. The second-order valence-electron chi connectivity index (χ2n) is 4.89. The van der Waals surface area contributed by atoms with E-state index in [2.05, 4.69) is 5.32 Å². The molecule has 21 heavy (non-hydrogen) atoms. The summed E-state index contributed by atoms with van der Waals surface area (Å²) in [5, 5.41) is 2.75. The molecule has 2 aromatic rings. The summed E-state index contributed by atoms with van der Waals surface area (Å²) in [6.45, 7) is 2.27. The van der Waals surface area contributed by atoms with Gasteiger partial charge in [-0.1, -0.05) is 37.3 Å². The molecule has 1 nitrogen and oxygen atoms in total. The first kappa shape index (κ1) is 15.4. The molecule has 0 bridgehead atoms. The molecular weight excluding hydrogens is 282 g/mol. The van der Waals surface area contributed by atoms with Crippen LogP contribution < -0.4 is 5.32 Å². The van der Waals surface area contributed by atoms with E-state index in [1.165, 1.54) is 0 Å². The Morgan fingerprint density at radius 3 is 2.33 bits per heavy atom. The van der Waals surface area contributed by atoms with E-state index in [-0.39, 0.29) is 11.6 Å². The second-order valence-corrected chi connectivity index (χ2v) is 4.89. The highest BCUT2D eigenvalue weighted by atomic mass is 19.4. The molecule has 0 aromatic heterocycles. The number of nitrogens with one attached hydrogen (secondary N) is 1. The first-order valence-corrected chi connectivity index (χ1v) is 6.53. The minimum Gasteiger partial charge on any atom is -0.382 e. The molecule has 0 saturated heterocycles. The van der Waals surface area contributed by atoms with E-state index in [9.17, 15) is 17.6 Å². The summed E-state index contributed by atoms with van der Waals surface area (Å²) in [6, 6.07) is 11.9. The molecule has 2 rings (SSSR count). The van der Waals surface area contributed by atoms with Gasteiger partial charge < -0.3 is 5.32 Å². The Balaban J connectivity index is 2.09. The van der Waals surface area contributed by atoms with Crippen molar-refractivity contribution in [2.45, 2.75) is 19.0 Å². The molecule has 0 radical (unpaired) electrons. The van der Waals surface area contributed by atoms with Crippen molar-refractivity contribution in [1.82, 2.24) is 0 Å². The fourth-order valence-electron chi connectivity index (χ4n) is 2.00. The predicted octanol–water partition coefficient (Wildman–Crippen LogP) is 5.06. The van der Waals surface area contributed by atoms with Crippen LogP contribution in [0.3, 0.4) is 0 Å². The van der Waals surface area contributed by atoms with Gasteiger partial charge >= 0.3 is 6.18 Å². The van der Waals surface area contributed by atoms with E-state index >= 15 is 0 Å². The highest BCUT2D eigenvalue weighted by Crippen LogP contribution is 2.32. The maximum Gasteiger partial charge on any atom is 0.416 e. The fraction of sp³-hybridized carbons (Fsp3) is 0.250. The minimum absolute atomic E-state index is 0.0557. The molecule has 1 N–H and O–H groups in total. The van der Waals surface area contributed by atoms with Crippen molar-refractivity contribution in [1.29, 1.82) is 0 Å². The number of hydrogen-bond donors (Lipinski definition) is 1. The van der Waals surface area contributed by atoms with E-state index in [1.54, 1.807) is 0 Å². The molecule has 2 aromatic carbocycles. The number of rotatable bonds is 4. The van der Waals surface area contributed by atoms with Crippen LogP contribution in [0.5, 0.6) is 0 Å². The quantitative estimate of drug-likeness (QED) is 0.778. The highest BCUT2D eigenvalue weighted by Gasteiger charge is 2.31. The van der Waals surface area contributed by atoms with Crippen LogP contribution in [-0.4, -0.2) is 6.54 Å². The molecular formula is C16H15F4N. The van der Waals surface area contributed by atoms with E-state index in [1.807, 2.05) is 37.3 Å². The van der Waals surface area contributed by atoms with Crippen LogP contribution in [0.25, 0.3) is 0 Å².